The number of nitrogens with zero attached hydrogens (tertiary/aromatic N) is 2. The molecule has 8 heteroatoms. The number of carbonyl (C=O) groups excluding carboxylic acids is 1. The van der Waals surface area contributed by atoms with Gasteiger partial charge in [0.1, 0.15) is 5.82 Å². The Balaban J connectivity index is 1.50. The molecule has 0 aliphatic carbocycles. The molecule has 2 N–H and O–H groups in total. The van der Waals surface area contributed by atoms with Crippen LogP contribution in [0.5, 0.6) is 0 Å². The molecule has 0 aliphatic heterocycles. The summed E-state index contributed by atoms with van der Waals surface area (Å²) in [5.41, 5.74) is 0. The van der Waals surface area contributed by atoms with Gasteiger partial charge in [-0.1, -0.05) is 23.9 Å². The second-order valence-corrected chi connectivity index (χ2v) is 8.25. The average molecular weight is 365 g/mol. The van der Waals surface area contributed by atoms with Gasteiger partial charge in [0.15, 0.2) is 0 Å². The number of rotatable bonds is 7. The van der Waals surface area contributed by atoms with Crippen LogP contribution < -0.4 is 5.32 Å². The molecule has 0 spiro atoms. The molecule has 0 aromatic carbocycles. The van der Waals surface area contributed by atoms with Crippen molar-refractivity contribution in [1.82, 2.24) is 20.5 Å². The van der Waals surface area contributed by atoms with Gasteiger partial charge in [-0.2, -0.15) is 0 Å². The van der Waals surface area contributed by atoms with E-state index in [-0.39, 0.29) is 11.2 Å². The van der Waals surface area contributed by atoms with Crippen molar-refractivity contribution in [3.63, 3.8) is 0 Å². The zero-order valence-corrected chi connectivity index (χ0v) is 14.9. The van der Waals surface area contributed by atoms with Crippen LogP contribution >= 0.6 is 34.4 Å². The Morgan fingerprint density at radius 2 is 2.04 bits per heavy atom. The molecular weight excluding hydrogens is 348 g/mol. The molecule has 0 fully saturated rings. The van der Waals surface area contributed by atoms with Gasteiger partial charge in [-0.15, -0.1) is 27.8 Å². The molecule has 0 saturated heterocycles. The maximum Gasteiger partial charge on any atom is 0.233 e. The van der Waals surface area contributed by atoms with Crippen molar-refractivity contribution in [2.75, 3.05) is 0 Å². The lowest BCUT2D eigenvalue weighted by Gasteiger charge is -2.09. The third-order valence-electron chi connectivity index (χ3n) is 3.10. The number of aromatic nitrogens is 3. The summed E-state index contributed by atoms with van der Waals surface area (Å²) in [7, 11) is 0. The maximum atomic E-state index is 12.1. The summed E-state index contributed by atoms with van der Waals surface area (Å²) in [5.74, 6) is 0.814. The molecule has 3 aromatic rings. The lowest BCUT2D eigenvalue weighted by molar-refractivity contribution is -0.120. The van der Waals surface area contributed by atoms with Gasteiger partial charge in [0.05, 0.1) is 11.8 Å². The fraction of sp³-hybridized carbons (Fsp3) is 0.267. The molecule has 0 unspecified atom stereocenters. The van der Waals surface area contributed by atoms with Crippen molar-refractivity contribution in [2.45, 2.75) is 30.3 Å². The Labute approximate surface area is 146 Å². The van der Waals surface area contributed by atoms with Crippen LogP contribution in [0, 0.1) is 0 Å². The van der Waals surface area contributed by atoms with Gasteiger partial charge in [0, 0.05) is 16.2 Å². The quantitative estimate of drug-likeness (QED) is 0.631. The minimum absolute atomic E-state index is 0.00648. The lowest BCUT2D eigenvalue weighted by atomic mass is 10.3. The second kappa shape index (κ2) is 7.76. The van der Waals surface area contributed by atoms with Crippen LogP contribution in [0.3, 0.4) is 0 Å². The summed E-state index contributed by atoms with van der Waals surface area (Å²) in [6.07, 6.45) is 0.740. The van der Waals surface area contributed by atoms with E-state index in [0.717, 1.165) is 17.1 Å². The van der Waals surface area contributed by atoms with E-state index >= 15 is 0 Å². The van der Waals surface area contributed by atoms with E-state index in [9.17, 15) is 4.79 Å². The molecule has 1 amide bonds. The molecule has 0 bridgehead atoms. The largest absolute Gasteiger partial charge is 0.350 e. The molecule has 120 valence electrons. The number of thiophene rings is 2. The Morgan fingerprint density at radius 1 is 1.30 bits per heavy atom. The van der Waals surface area contributed by atoms with Gasteiger partial charge >= 0.3 is 0 Å². The van der Waals surface area contributed by atoms with Gasteiger partial charge in [-0.3, -0.25) is 9.89 Å². The first-order valence-electron chi connectivity index (χ1n) is 7.11. The van der Waals surface area contributed by atoms with Gasteiger partial charge < -0.3 is 5.32 Å². The molecule has 3 aromatic heterocycles. The van der Waals surface area contributed by atoms with E-state index in [1.54, 1.807) is 22.7 Å². The monoisotopic (exact) mass is 364 g/mol. The van der Waals surface area contributed by atoms with Crippen LogP contribution in [-0.4, -0.2) is 26.3 Å². The number of amides is 1. The van der Waals surface area contributed by atoms with Crippen LogP contribution in [0.4, 0.5) is 0 Å². The van der Waals surface area contributed by atoms with Gasteiger partial charge in [-0.25, -0.2) is 4.98 Å². The van der Waals surface area contributed by atoms with E-state index in [2.05, 4.69) is 26.6 Å². The molecule has 0 aliphatic rings. The van der Waals surface area contributed by atoms with E-state index < -0.39 is 0 Å². The highest BCUT2D eigenvalue weighted by molar-refractivity contribution is 8.00. The van der Waals surface area contributed by atoms with Crippen LogP contribution in [0.15, 0.2) is 40.2 Å². The summed E-state index contributed by atoms with van der Waals surface area (Å²) < 4.78 is 0. The van der Waals surface area contributed by atoms with E-state index in [4.69, 9.17) is 0 Å². The van der Waals surface area contributed by atoms with Crippen molar-refractivity contribution < 1.29 is 4.79 Å². The number of hydrogen-bond donors (Lipinski definition) is 2. The highest BCUT2D eigenvalue weighted by Crippen LogP contribution is 2.21. The molecule has 3 heterocycles. The summed E-state index contributed by atoms with van der Waals surface area (Å²) in [6, 6.07) is 8.08. The summed E-state index contributed by atoms with van der Waals surface area (Å²) in [4.78, 5) is 18.9. The molecule has 23 heavy (non-hydrogen) atoms. The normalized spacial score (nSPS) is 12.2. The second-order valence-electron chi connectivity index (χ2n) is 4.88. The SMILES string of the molecule is C[C@@H](Sc1n[nH]c(Cc2cccs2)n1)C(=O)NCc1cccs1. The zero-order chi connectivity index (χ0) is 16.1. The van der Waals surface area contributed by atoms with Crippen molar-refractivity contribution in [1.29, 1.82) is 0 Å². The van der Waals surface area contributed by atoms with Gasteiger partial charge in [0.2, 0.25) is 11.1 Å². The van der Waals surface area contributed by atoms with Crippen molar-refractivity contribution in [3.05, 3.63) is 50.6 Å². The number of thioether (sulfide) groups is 1. The first-order valence-corrected chi connectivity index (χ1v) is 9.75. The summed E-state index contributed by atoms with van der Waals surface area (Å²) in [5, 5.41) is 14.5. The van der Waals surface area contributed by atoms with Crippen LogP contribution in [0.25, 0.3) is 0 Å². The number of hydrogen-bond acceptors (Lipinski definition) is 6. The zero-order valence-electron chi connectivity index (χ0n) is 12.5. The average Bonchev–Trinajstić information content (AvgIpc) is 3.28. The third-order valence-corrected chi connectivity index (χ3v) is 5.82. The van der Waals surface area contributed by atoms with Gasteiger partial charge in [-0.05, 0) is 29.8 Å². The Hall–Kier alpha value is -1.64. The molecular formula is C15H16N4OS3. The smallest absolute Gasteiger partial charge is 0.233 e. The Bertz CT molecular complexity index is 737. The third kappa shape index (κ3) is 4.66. The topological polar surface area (TPSA) is 70.7 Å². The van der Waals surface area contributed by atoms with E-state index in [1.165, 1.54) is 16.6 Å². The molecule has 1 atom stereocenters. The molecule has 3 rings (SSSR count). The Morgan fingerprint density at radius 3 is 2.74 bits per heavy atom. The number of H-pyrrole nitrogens is 1. The number of nitrogens with one attached hydrogen (secondary N) is 2. The standard InChI is InChI=1S/C15H16N4OS3/c1-10(14(20)16-9-12-5-3-7-22-12)23-15-17-13(18-19-15)8-11-4-2-6-21-11/h2-7,10H,8-9H2,1H3,(H,16,20)(H,17,18,19)/t10-/m1/s1. The fourth-order valence-corrected chi connectivity index (χ4v) is 4.05. The first-order chi connectivity index (χ1) is 11.2. The van der Waals surface area contributed by atoms with Crippen molar-refractivity contribution in [2.24, 2.45) is 0 Å². The fourth-order valence-electron chi connectivity index (χ4n) is 1.93. The molecule has 5 nitrogen and oxygen atoms in total. The lowest BCUT2D eigenvalue weighted by Crippen LogP contribution is -2.30. The van der Waals surface area contributed by atoms with Crippen LogP contribution in [-0.2, 0) is 17.8 Å². The van der Waals surface area contributed by atoms with E-state index in [1.807, 2.05) is 35.9 Å². The predicted molar refractivity (Wildman–Crippen MR) is 95.0 cm³/mol. The van der Waals surface area contributed by atoms with Crippen molar-refractivity contribution in [3.8, 4) is 0 Å². The first kappa shape index (κ1) is 16.2. The minimum atomic E-state index is -0.236. The Kier molecular flexibility index (Phi) is 5.47. The van der Waals surface area contributed by atoms with Crippen LogP contribution in [0.1, 0.15) is 22.5 Å². The molecule has 0 saturated carbocycles. The number of carbonyl (C=O) groups is 1. The maximum absolute atomic E-state index is 12.1. The minimum Gasteiger partial charge on any atom is -0.350 e. The highest BCUT2D eigenvalue weighted by Gasteiger charge is 2.17. The van der Waals surface area contributed by atoms with Gasteiger partial charge in [0.25, 0.3) is 0 Å². The summed E-state index contributed by atoms with van der Waals surface area (Å²) >= 11 is 4.69. The van der Waals surface area contributed by atoms with Crippen molar-refractivity contribution >= 4 is 40.3 Å². The highest BCUT2D eigenvalue weighted by atomic mass is 32.2. The summed E-state index contributed by atoms with van der Waals surface area (Å²) in [6.45, 7) is 2.43. The predicted octanol–water partition coefficient (Wildman–Crippen LogP) is 3.32. The molecule has 0 radical (unpaired) electrons. The van der Waals surface area contributed by atoms with E-state index in [0.29, 0.717) is 11.7 Å². The van der Waals surface area contributed by atoms with Crippen LogP contribution in [0.2, 0.25) is 0 Å². The number of aromatic amines is 1.